The van der Waals surface area contributed by atoms with E-state index in [0.29, 0.717) is 5.69 Å². The Morgan fingerprint density at radius 2 is 1.48 bits per heavy atom. The van der Waals surface area contributed by atoms with E-state index in [-0.39, 0.29) is 5.69 Å². The summed E-state index contributed by atoms with van der Waals surface area (Å²) in [6, 6.07) is 20.2. The fraction of sp³-hybridized carbons (Fsp3) is 0.200. The molecule has 2 amide bonds. The van der Waals surface area contributed by atoms with Gasteiger partial charge < -0.3 is 0 Å². The first kappa shape index (κ1) is 21.2. The van der Waals surface area contributed by atoms with Crippen LogP contribution < -0.4 is 9.96 Å². The van der Waals surface area contributed by atoms with Gasteiger partial charge in [-0.1, -0.05) is 48.5 Å². The SMILES string of the molecule is Cc1ccccc1[C@@H]1[C@@H]2C(=O)N(c3cccc(C(F)(F)F)c3)C(=O)[C@@H]2ON1c1ccccc1. The number of para-hydroxylation sites is 1. The van der Waals surface area contributed by atoms with Gasteiger partial charge in [-0.2, -0.15) is 13.2 Å². The van der Waals surface area contributed by atoms with Gasteiger partial charge in [-0.3, -0.25) is 14.4 Å². The van der Waals surface area contributed by atoms with Crippen LogP contribution in [0, 0.1) is 12.8 Å². The maximum Gasteiger partial charge on any atom is 0.416 e. The summed E-state index contributed by atoms with van der Waals surface area (Å²) >= 11 is 0. The Kier molecular flexibility index (Phi) is 4.97. The number of halogens is 3. The Bertz CT molecular complexity index is 1230. The normalized spacial score (nSPS) is 22.7. The van der Waals surface area contributed by atoms with Crippen LogP contribution in [0.15, 0.2) is 78.9 Å². The van der Waals surface area contributed by atoms with Gasteiger partial charge in [0.2, 0.25) is 5.91 Å². The van der Waals surface area contributed by atoms with Crippen LogP contribution in [-0.4, -0.2) is 17.9 Å². The van der Waals surface area contributed by atoms with Crippen LogP contribution in [-0.2, 0) is 20.6 Å². The predicted octanol–water partition coefficient (Wildman–Crippen LogP) is 5.06. The van der Waals surface area contributed by atoms with E-state index in [4.69, 9.17) is 4.84 Å². The summed E-state index contributed by atoms with van der Waals surface area (Å²) in [6.07, 6.45) is -5.74. The Hall–Kier alpha value is -3.65. The Morgan fingerprint density at radius 3 is 2.18 bits per heavy atom. The average molecular weight is 452 g/mol. The van der Waals surface area contributed by atoms with Crippen molar-refractivity contribution in [3.63, 3.8) is 0 Å². The van der Waals surface area contributed by atoms with Gasteiger partial charge >= 0.3 is 6.18 Å². The van der Waals surface area contributed by atoms with Gasteiger partial charge in [-0.15, -0.1) is 0 Å². The van der Waals surface area contributed by atoms with Crippen molar-refractivity contribution in [1.29, 1.82) is 0 Å². The number of hydrogen-bond acceptors (Lipinski definition) is 4. The molecule has 0 radical (unpaired) electrons. The number of imide groups is 1. The molecule has 8 heteroatoms. The first-order valence-electron chi connectivity index (χ1n) is 10.4. The smallest absolute Gasteiger partial charge is 0.273 e. The van der Waals surface area contributed by atoms with Crippen molar-refractivity contribution >= 4 is 23.2 Å². The van der Waals surface area contributed by atoms with Gasteiger partial charge in [0.25, 0.3) is 5.91 Å². The minimum atomic E-state index is -4.60. The van der Waals surface area contributed by atoms with Crippen molar-refractivity contribution in [1.82, 2.24) is 0 Å². The molecule has 0 aromatic heterocycles. The first-order valence-corrected chi connectivity index (χ1v) is 10.4. The van der Waals surface area contributed by atoms with Crippen LogP contribution in [0.5, 0.6) is 0 Å². The summed E-state index contributed by atoms with van der Waals surface area (Å²) in [5.41, 5.74) is 1.34. The number of hydroxylamine groups is 1. The van der Waals surface area contributed by atoms with Gasteiger partial charge in [0, 0.05) is 0 Å². The molecule has 2 heterocycles. The zero-order valence-corrected chi connectivity index (χ0v) is 17.5. The quantitative estimate of drug-likeness (QED) is 0.521. The van der Waals surface area contributed by atoms with E-state index in [0.717, 1.165) is 28.2 Å². The monoisotopic (exact) mass is 452 g/mol. The van der Waals surface area contributed by atoms with Crippen LogP contribution >= 0.6 is 0 Å². The number of carbonyl (C=O) groups excluding carboxylic acids is 2. The van der Waals surface area contributed by atoms with Crippen LogP contribution in [0.1, 0.15) is 22.7 Å². The van der Waals surface area contributed by atoms with Gasteiger partial charge in [0.15, 0.2) is 6.10 Å². The van der Waals surface area contributed by atoms with Gasteiger partial charge in [0.05, 0.1) is 23.0 Å². The lowest BCUT2D eigenvalue weighted by molar-refractivity contribution is -0.137. The molecule has 3 atom stereocenters. The highest BCUT2D eigenvalue weighted by atomic mass is 19.4. The minimum absolute atomic E-state index is 0.118. The maximum absolute atomic E-state index is 13.5. The first-order chi connectivity index (χ1) is 15.8. The Balaban J connectivity index is 1.59. The molecule has 0 spiro atoms. The number of amides is 2. The highest BCUT2D eigenvalue weighted by Crippen LogP contribution is 2.48. The maximum atomic E-state index is 13.5. The molecule has 0 bridgehead atoms. The van der Waals surface area contributed by atoms with E-state index in [1.807, 2.05) is 61.5 Å². The van der Waals surface area contributed by atoms with Crippen molar-refractivity contribution < 1.29 is 27.6 Å². The van der Waals surface area contributed by atoms with Crippen molar-refractivity contribution in [3.05, 3.63) is 95.6 Å². The Morgan fingerprint density at radius 1 is 0.818 bits per heavy atom. The number of hydrogen-bond donors (Lipinski definition) is 0. The zero-order valence-electron chi connectivity index (χ0n) is 17.5. The number of aryl methyl sites for hydroxylation is 1. The third-order valence-corrected chi connectivity index (χ3v) is 6.06. The van der Waals surface area contributed by atoms with Gasteiger partial charge in [-0.05, 0) is 48.4 Å². The van der Waals surface area contributed by atoms with Crippen molar-refractivity contribution in [2.45, 2.75) is 25.2 Å². The third-order valence-electron chi connectivity index (χ3n) is 6.06. The van der Waals surface area contributed by atoms with Crippen molar-refractivity contribution in [3.8, 4) is 0 Å². The largest absolute Gasteiger partial charge is 0.416 e. The number of rotatable bonds is 3. The molecule has 0 unspecified atom stereocenters. The molecule has 3 aromatic rings. The highest BCUT2D eigenvalue weighted by molar-refractivity contribution is 6.24. The van der Waals surface area contributed by atoms with Crippen LogP contribution in [0.2, 0.25) is 0 Å². The molecule has 2 aliphatic heterocycles. The van der Waals surface area contributed by atoms with Crippen molar-refractivity contribution in [2.24, 2.45) is 5.92 Å². The molecule has 0 N–H and O–H groups in total. The van der Waals surface area contributed by atoms with E-state index in [1.54, 1.807) is 5.06 Å². The molecule has 2 aliphatic rings. The summed E-state index contributed by atoms with van der Waals surface area (Å²) < 4.78 is 39.7. The molecule has 168 valence electrons. The summed E-state index contributed by atoms with van der Waals surface area (Å²) in [5, 5.41) is 1.57. The average Bonchev–Trinajstić information content (AvgIpc) is 3.30. The summed E-state index contributed by atoms with van der Waals surface area (Å²) in [6.45, 7) is 1.90. The number of nitrogens with zero attached hydrogens (tertiary/aromatic N) is 2. The van der Waals surface area contributed by atoms with E-state index < -0.39 is 41.6 Å². The fourth-order valence-corrected chi connectivity index (χ4v) is 4.52. The predicted molar refractivity (Wildman–Crippen MR) is 115 cm³/mol. The zero-order chi connectivity index (χ0) is 23.3. The minimum Gasteiger partial charge on any atom is -0.273 e. The van der Waals surface area contributed by atoms with E-state index in [1.165, 1.54) is 12.1 Å². The topological polar surface area (TPSA) is 49.9 Å². The number of carbonyl (C=O) groups is 2. The van der Waals surface area contributed by atoms with E-state index >= 15 is 0 Å². The molecule has 0 aliphatic carbocycles. The molecule has 2 saturated heterocycles. The summed E-state index contributed by atoms with van der Waals surface area (Å²) in [4.78, 5) is 33.7. The highest BCUT2D eigenvalue weighted by Gasteiger charge is 2.60. The van der Waals surface area contributed by atoms with E-state index in [9.17, 15) is 22.8 Å². The number of benzene rings is 3. The van der Waals surface area contributed by atoms with Crippen LogP contribution in [0.25, 0.3) is 0 Å². The number of fused-ring (bicyclic) bond motifs is 1. The van der Waals surface area contributed by atoms with Crippen LogP contribution in [0.3, 0.4) is 0 Å². The van der Waals surface area contributed by atoms with Gasteiger partial charge in [0.1, 0.15) is 5.92 Å². The second-order valence-corrected chi connectivity index (χ2v) is 8.07. The molecule has 0 saturated carbocycles. The molecule has 5 nitrogen and oxygen atoms in total. The second-order valence-electron chi connectivity index (χ2n) is 8.07. The van der Waals surface area contributed by atoms with Crippen LogP contribution in [0.4, 0.5) is 24.5 Å². The Labute approximate surface area is 187 Å². The lowest BCUT2D eigenvalue weighted by Crippen LogP contribution is -2.37. The van der Waals surface area contributed by atoms with E-state index in [2.05, 4.69) is 0 Å². The standard InChI is InChI=1S/C25H19F3N2O3/c1-15-8-5-6-13-19(15)21-20-22(33-30(21)17-10-3-2-4-11-17)24(32)29(23(20)31)18-12-7-9-16(14-18)25(26,27)28/h2-14,20-22H,1H3/t20-,21+,22+/m0/s1. The molecule has 2 fully saturated rings. The molecule has 5 rings (SSSR count). The summed E-state index contributed by atoms with van der Waals surface area (Å²) in [7, 11) is 0. The molecular formula is C25H19F3N2O3. The lowest BCUT2D eigenvalue weighted by atomic mass is 9.88. The van der Waals surface area contributed by atoms with Gasteiger partial charge in [-0.25, -0.2) is 9.96 Å². The second kappa shape index (κ2) is 7.74. The molecule has 3 aromatic carbocycles. The number of anilines is 2. The molecule has 33 heavy (non-hydrogen) atoms. The molecular weight excluding hydrogens is 433 g/mol. The van der Waals surface area contributed by atoms with Crippen molar-refractivity contribution in [2.75, 3.05) is 9.96 Å². The third kappa shape index (κ3) is 3.47. The fourth-order valence-electron chi connectivity index (χ4n) is 4.52. The lowest BCUT2D eigenvalue weighted by Gasteiger charge is -2.29. The number of alkyl halides is 3. The summed E-state index contributed by atoms with van der Waals surface area (Å²) in [5.74, 6) is -2.18.